The number of hydrogen-bond acceptors (Lipinski definition) is 4. The topological polar surface area (TPSA) is 76.3 Å². The van der Waals surface area contributed by atoms with E-state index in [0.29, 0.717) is 24.4 Å². The monoisotopic (exact) mass is 271 g/mol. The van der Waals surface area contributed by atoms with Crippen molar-refractivity contribution in [3.05, 3.63) is 23.9 Å². The Morgan fingerprint density at radius 3 is 2.55 bits per heavy atom. The number of aromatic nitrogens is 1. The first-order valence-corrected chi connectivity index (χ1v) is 6.45. The molecule has 5 heteroatoms. The van der Waals surface area contributed by atoms with E-state index in [2.05, 4.69) is 16.8 Å². The first-order chi connectivity index (χ1) is 9.43. The fourth-order valence-corrected chi connectivity index (χ4v) is 2.19. The van der Waals surface area contributed by atoms with Crippen LogP contribution in [0, 0.1) is 17.3 Å². The van der Waals surface area contributed by atoms with Crippen LogP contribution in [0.4, 0.5) is 5.82 Å². The predicted molar refractivity (Wildman–Crippen MR) is 75.7 cm³/mol. The van der Waals surface area contributed by atoms with Crippen molar-refractivity contribution >= 4 is 17.6 Å². The molecule has 1 aromatic heterocycles. The second kappa shape index (κ2) is 5.43. The summed E-state index contributed by atoms with van der Waals surface area (Å²) in [5, 5.41) is 0. The molecule has 1 saturated heterocycles. The van der Waals surface area contributed by atoms with Gasteiger partial charge in [0.15, 0.2) is 0 Å². The average Bonchev–Trinajstić information content (AvgIpc) is 2.34. The van der Waals surface area contributed by atoms with Gasteiger partial charge in [-0.1, -0.05) is 25.8 Å². The maximum absolute atomic E-state index is 12.2. The number of pyridine rings is 1. The van der Waals surface area contributed by atoms with E-state index >= 15 is 0 Å². The van der Waals surface area contributed by atoms with E-state index in [1.807, 2.05) is 13.8 Å². The van der Waals surface area contributed by atoms with Gasteiger partial charge in [0.2, 0.25) is 11.8 Å². The molecule has 2 heterocycles. The van der Waals surface area contributed by atoms with Crippen molar-refractivity contribution in [1.29, 1.82) is 0 Å². The van der Waals surface area contributed by atoms with E-state index in [1.165, 1.54) is 0 Å². The van der Waals surface area contributed by atoms with Crippen LogP contribution in [0.15, 0.2) is 18.2 Å². The van der Waals surface area contributed by atoms with Crippen molar-refractivity contribution < 1.29 is 9.59 Å². The van der Waals surface area contributed by atoms with Gasteiger partial charge in [-0.15, -0.1) is 0 Å². The van der Waals surface area contributed by atoms with Crippen molar-refractivity contribution in [2.75, 3.05) is 11.4 Å². The van der Waals surface area contributed by atoms with Crippen LogP contribution in [0.2, 0.25) is 0 Å². The second-order valence-corrected chi connectivity index (χ2v) is 5.53. The quantitative estimate of drug-likeness (QED) is 0.612. The number of imide groups is 1. The third kappa shape index (κ3) is 3.03. The Morgan fingerprint density at radius 2 is 1.95 bits per heavy atom. The van der Waals surface area contributed by atoms with Crippen LogP contribution >= 0.6 is 0 Å². The van der Waals surface area contributed by atoms with E-state index in [4.69, 9.17) is 5.73 Å². The third-order valence-corrected chi connectivity index (χ3v) is 3.04. The molecular weight excluding hydrogens is 254 g/mol. The second-order valence-electron chi connectivity index (χ2n) is 5.53. The zero-order chi connectivity index (χ0) is 14.8. The molecule has 20 heavy (non-hydrogen) atoms. The van der Waals surface area contributed by atoms with Crippen LogP contribution in [0.1, 0.15) is 32.4 Å². The number of anilines is 1. The fraction of sp³-hybridized carbons (Fsp3) is 0.400. The molecule has 2 amide bonds. The van der Waals surface area contributed by atoms with E-state index in [9.17, 15) is 9.59 Å². The molecule has 0 bridgehead atoms. The molecule has 1 aromatic rings. The highest BCUT2D eigenvalue weighted by Gasteiger charge is 2.38. The van der Waals surface area contributed by atoms with Gasteiger partial charge in [0.05, 0.1) is 6.54 Å². The van der Waals surface area contributed by atoms with Gasteiger partial charge < -0.3 is 5.73 Å². The van der Waals surface area contributed by atoms with Crippen LogP contribution < -0.4 is 10.6 Å². The number of carbonyl (C=O) groups excluding carboxylic acids is 2. The normalized spacial score (nSPS) is 17.6. The van der Waals surface area contributed by atoms with Crippen LogP contribution in [-0.2, 0) is 9.59 Å². The van der Waals surface area contributed by atoms with Gasteiger partial charge >= 0.3 is 0 Å². The third-order valence-electron chi connectivity index (χ3n) is 3.04. The smallest absolute Gasteiger partial charge is 0.235 e. The highest BCUT2D eigenvalue weighted by molar-refractivity contribution is 6.16. The van der Waals surface area contributed by atoms with Gasteiger partial charge in [0.1, 0.15) is 11.5 Å². The lowest BCUT2D eigenvalue weighted by atomic mass is 9.82. The summed E-state index contributed by atoms with van der Waals surface area (Å²) in [5.74, 6) is 5.38. The number of hydrogen-bond donors (Lipinski definition) is 1. The Labute approximate surface area is 118 Å². The molecule has 2 rings (SSSR count). The zero-order valence-corrected chi connectivity index (χ0v) is 11.6. The Kier molecular flexibility index (Phi) is 3.86. The van der Waals surface area contributed by atoms with Gasteiger partial charge in [0.25, 0.3) is 0 Å². The highest BCUT2D eigenvalue weighted by Crippen LogP contribution is 2.33. The summed E-state index contributed by atoms with van der Waals surface area (Å²) in [6.45, 7) is 4.06. The fourth-order valence-electron chi connectivity index (χ4n) is 2.19. The van der Waals surface area contributed by atoms with E-state index in [1.54, 1.807) is 18.2 Å². The van der Waals surface area contributed by atoms with Gasteiger partial charge in [-0.05, 0) is 23.5 Å². The Balaban J connectivity index is 2.32. The lowest BCUT2D eigenvalue weighted by Crippen LogP contribution is -2.46. The van der Waals surface area contributed by atoms with Gasteiger partial charge in [-0.25, -0.2) is 9.88 Å². The maximum Gasteiger partial charge on any atom is 0.235 e. The lowest BCUT2D eigenvalue weighted by Gasteiger charge is -2.34. The molecule has 104 valence electrons. The van der Waals surface area contributed by atoms with Gasteiger partial charge in [-0.3, -0.25) is 9.59 Å². The van der Waals surface area contributed by atoms with Crippen LogP contribution in [0.25, 0.3) is 0 Å². The van der Waals surface area contributed by atoms with Crippen molar-refractivity contribution in [2.24, 2.45) is 11.1 Å². The summed E-state index contributed by atoms with van der Waals surface area (Å²) >= 11 is 0. The van der Waals surface area contributed by atoms with Crippen molar-refractivity contribution in [3.63, 3.8) is 0 Å². The molecule has 0 radical (unpaired) electrons. The molecule has 0 unspecified atom stereocenters. The van der Waals surface area contributed by atoms with Crippen molar-refractivity contribution in [2.45, 2.75) is 26.7 Å². The van der Waals surface area contributed by atoms with Crippen LogP contribution in [0.5, 0.6) is 0 Å². The number of carbonyl (C=O) groups is 2. The summed E-state index contributed by atoms with van der Waals surface area (Å²) < 4.78 is 0. The number of amides is 2. The number of nitrogens with zero attached hydrogens (tertiary/aromatic N) is 2. The first kappa shape index (κ1) is 14.2. The Hall–Kier alpha value is -2.19. The lowest BCUT2D eigenvalue weighted by molar-refractivity contribution is -0.132. The molecule has 0 atom stereocenters. The molecule has 0 aromatic carbocycles. The van der Waals surface area contributed by atoms with Crippen LogP contribution in [0.3, 0.4) is 0 Å². The SMILES string of the molecule is CC1(C)CC(=O)N(c2cccc(C#CCN)n2)C(=O)C1. The maximum atomic E-state index is 12.2. The van der Waals surface area contributed by atoms with E-state index in [0.717, 1.165) is 4.90 Å². The molecule has 1 fully saturated rings. The van der Waals surface area contributed by atoms with Crippen LogP contribution in [-0.4, -0.2) is 23.3 Å². The Bertz CT molecular complexity index is 591. The summed E-state index contributed by atoms with van der Waals surface area (Å²) in [7, 11) is 0. The number of piperidine rings is 1. The highest BCUT2D eigenvalue weighted by atomic mass is 16.2. The number of nitrogens with two attached hydrogens (primary N) is 1. The molecule has 0 aliphatic carbocycles. The van der Waals surface area contributed by atoms with Gasteiger partial charge in [0, 0.05) is 12.8 Å². The molecule has 5 nitrogen and oxygen atoms in total. The minimum Gasteiger partial charge on any atom is -0.320 e. The molecule has 1 aliphatic heterocycles. The molecule has 0 spiro atoms. The van der Waals surface area contributed by atoms with Crippen molar-refractivity contribution in [1.82, 2.24) is 4.98 Å². The predicted octanol–water partition coefficient (Wildman–Crippen LogP) is 1.07. The molecule has 1 aliphatic rings. The summed E-state index contributed by atoms with van der Waals surface area (Å²) in [4.78, 5) is 29.7. The minimum absolute atomic E-state index is 0.220. The average molecular weight is 271 g/mol. The molecule has 2 N–H and O–H groups in total. The zero-order valence-electron chi connectivity index (χ0n) is 11.6. The van der Waals surface area contributed by atoms with E-state index < -0.39 is 0 Å². The van der Waals surface area contributed by atoms with E-state index in [-0.39, 0.29) is 23.8 Å². The molecule has 0 saturated carbocycles. The summed E-state index contributed by atoms with van der Waals surface area (Å²) in [6, 6.07) is 5.08. The summed E-state index contributed by atoms with van der Waals surface area (Å²) in [6.07, 6.45) is 0.665. The first-order valence-electron chi connectivity index (χ1n) is 6.45. The largest absolute Gasteiger partial charge is 0.320 e. The van der Waals surface area contributed by atoms with Crippen molar-refractivity contribution in [3.8, 4) is 11.8 Å². The molecular formula is C15H17N3O2. The summed E-state index contributed by atoms with van der Waals surface area (Å²) in [5.41, 5.74) is 5.52. The van der Waals surface area contributed by atoms with Gasteiger partial charge in [-0.2, -0.15) is 0 Å². The minimum atomic E-state index is -0.290. The Morgan fingerprint density at radius 1 is 1.30 bits per heavy atom. The number of rotatable bonds is 1. The standard InChI is InChI=1S/C15H17N3O2/c1-15(2)9-13(19)18(14(20)10-15)12-7-3-5-11(17-12)6-4-8-16/h3,5,7H,8-10,16H2,1-2H3.